The fourth-order valence-corrected chi connectivity index (χ4v) is 1.51. The van der Waals surface area contributed by atoms with Crippen molar-refractivity contribution in [2.75, 3.05) is 0 Å². The molecule has 0 spiro atoms. The molecule has 3 nitrogen and oxygen atoms in total. The van der Waals surface area contributed by atoms with Gasteiger partial charge in [0.2, 0.25) is 0 Å². The zero-order chi connectivity index (χ0) is 9.42. The van der Waals surface area contributed by atoms with Gasteiger partial charge in [-0.05, 0) is 31.0 Å². The van der Waals surface area contributed by atoms with E-state index in [4.69, 9.17) is 5.41 Å². The molecule has 0 unspecified atom stereocenters. The van der Waals surface area contributed by atoms with Crippen LogP contribution < -0.4 is 0 Å². The van der Waals surface area contributed by atoms with Crippen LogP contribution in [0.3, 0.4) is 0 Å². The van der Waals surface area contributed by atoms with Gasteiger partial charge in [0.1, 0.15) is 5.82 Å². The molecule has 0 aliphatic rings. The molecule has 0 saturated heterocycles. The Kier molecular flexibility index (Phi) is 1.65. The topological polar surface area (TPSA) is 52.5 Å². The Balaban J connectivity index is 2.85. The summed E-state index contributed by atoms with van der Waals surface area (Å²) in [5.74, 6) is 0.917. The molecule has 0 bridgehead atoms. The van der Waals surface area contributed by atoms with Crippen molar-refractivity contribution in [3.05, 3.63) is 29.1 Å². The maximum Gasteiger partial charge on any atom is 0.104 e. The molecular weight excluding hydrogens is 162 g/mol. The van der Waals surface area contributed by atoms with Crippen molar-refractivity contribution < 1.29 is 0 Å². The van der Waals surface area contributed by atoms with Crippen LogP contribution in [0.15, 0.2) is 12.1 Å². The molecule has 0 saturated carbocycles. The Bertz CT molecular complexity index is 468. The van der Waals surface area contributed by atoms with Gasteiger partial charge in [-0.15, -0.1) is 0 Å². The van der Waals surface area contributed by atoms with Crippen molar-refractivity contribution in [3.63, 3.8) is 0 Å². The van der Waals surface area contributed by atoms with Crippen LogP contribution in [0.4, 0.5) is 0 Å². The first-order valence-electron chi connectivity index (χ1n) is 4.19. The van der Waals surface area contributed by atoms with E-state index in [-0.39, 0.29) is 0 Å². The lowest BCUT2D eigenvalue weighted by Gasteiger charge is -1.98. The first kappa shape index (κ1) is 7.98. The number of aromatic nitrogens is 2. The smallest absolute Gasteiger partial charge is 0.104 e. The minimum atomic E-state index is 0.917. The molecule has 1 heterocycles. The van der Waals surface area contributed by atoms with E-state index in [1.807, 2.05) is 26.0 Å². The Morgan fingerprint density at radius 1 is 1.38 bits per heavy atom. The Morgan fingerprint density at radius 2 is 2.15 bits per heavy atom. The van der Waals surface area contributed by atoms with Gasteiger partial charge in [-0.3, -0.25) is 0 Å². The molecule has 2 aromatic rings. The lowest BCUT2D eigenvalue weighted by molar-refractivity contribution is 1.17. The molecule has 2 N–H and O–H groups in total. The van der Waals surface area contributed by atoms with Crippen LogP contribution in [0.2, 0.25) is 0 Å². The van der Waals surface area contributed by atoms with Gasteiger partial charge in [-0.25, -0.2) is 4.98 Å². The van der Waals surface area contributed by atoms with Crippen LogP contribution in [0.5, 0.6) is 0 Å². The lowest BCUT2D eigenvalue weighted by atomic mass is 10.1. The largest absolute Gasteiger partial charge is 0.342 e. The van der Waals surface area contributed by atoms with Gasteiger partial charge >= 0.3 is 0 Å². The summed E-state index contributed by atoms with van der Waals surface area (Å²) in [6.45, 7) is 3.92. The molecule has 0 radical (unpaired) electrons. The SMILES string of the molecule is Cc1nc2c(C)c(C=N)ccc2[nH]1. The number of H-pyrrole nitrogens is 1. The highest BCUT2D eigenvalue weighted by atomic mass is 14.9. The van der Waals surface area contributed by atoms with Crippen molar-refractivity contribution in [2.45, 2.75) is 13.8 Å². The van der Waals surface area contributed by atoms with Crippen LogP contribution in [0.1, 0.15) is 17.0 Å². The monoisotopic (exact) mass is 173 g/mol. The van der Waals surface area contributed by atoms with E-state index in [1.54, 1.807) is 0 Å². The highest BCUT2D eigenvalue weighted by Gasteiger charge is 2.04. The zero-order valence-corrected chi connectivity index (χ0v) is 7.68. The fourth-order valence-electron chi connectivity index (χ4n) is 1.51. The van der Waals surface area contributed by atoms with Crippen molar-refractivity contribution in [3.8, 4) is 0 Å². The van der Waals surface area contributed by atoms with E-state index in [0.29, 0.717) is 0 Å². The first-order valence-corrected chi connectivity index (χ1v) is 4.19. The first-order chi connectivity index (χ1) is 6.22. The normalized spacial score (nSPS) is 10.6. The van der Waals surface area contributed by atoms with Crippen LogP contribution in [-0.4, -0.2) is 16.2 Å². The summed E-state index contributed by atoms with van der Waals surface area (Å²) >= 11 is 0. The summed E-state index contributed by atoms with van der Waals surface area (Å²) in [5.41, 5.74) is 4.01. The van der Waals surface area contributed by atoms with E-state index in [9.17, 15) is 0 Å². The molecule has 66 valence electrons. The third-order valence-corrected chi connectivity index (χ3v) is 2.22. The van der Waals surface area contributed by atoms with E-state index < -0.39 is 0 Å². The number of aromatic amines is 1. The molecule has 0 fully saturated rings. The number of hydrogen-bond acceptors (Lipinski definition) is 2. The van der Waals surface area contributed by atoms with E-state index in [2.05, 4.69) is 9.97 Å². The van der Waals surface area contributed by atoms with Gasteiger partial charge < -0.3 is 10.4 Å². The Labute approximate surface area is 76.3 Å². The fraction of sp³-hybridized carbons (Fsp3) is 0.200. The average molecular weight is 173 g/mol. The number of rotatable bonds is 1. The third-order valence-electron chi connectivity index (χ3n) is 2.22. The summed E-state index contributed by atoms with van der Waals surface area (Å²) < 4.78 is 0. The molecule has 1 aromatic carbocycles. The summed E-state index contributed by atoms with van der Waals surface area (Å²) in [6, 6.07) is 3.89. The van der Waals surface area contributed by atoms with Gasteiger partial charge in [0.05, 0.1) is 11.0 Å². The maximum atomic E-state index is 7.20. The molecule has 0 atom stereocenters. The number of aryl methyl sites for hydroxylation is 2. The lowest BCUT2D eigenvalue weighted by Crippen LogP contribution is -1.86. The summed E-state index contributed by atoms with van der Waals surface area (Å²) in [5, 5.41) is 7.20. The zero-order valence-electron chi connectivity index (χ0n) is 7.68. The van der Waals surface area contributed by atoms with E-state index >= 15 is 0 Å². The van der Waals surface area contributed by atoms with Gasteiger partial charge in [-0.2, -0.15) is 0 Å². The van der Waals surface area contributed by atoms with E-state index in [0.717, 1.165) is 28.0 Å². The van der Waals surface area contributed by atoms with Crippen molar-refractivity contribution in [2.24, 2.45) is 0 Å². The number of imidazole rings is 1. The Morgan fingerprint density at radius 3 is 2.85 bits per heavy atom. The summed E-state index contributed by atoms with van der Waals surface area (Å²) in [6.07, 6.45) is 1.36. The molecule has 0 amide bonds. The van der Waals surface area contributed by atoms with Gasteiger partial charge in [0, 0.05) is 6.21 Å². The Hall–Kier alpha value is -1.64. The second kappa shape index (κ2) is 2.69. The number of fused-ring (bicyclic) bond motifs is 1. The molecule has 3 heteroatoms. The van der Waals surface area contributed by atoms with Gasteiger partial charge in [0.15, 0.2) is 0 Å². The highest BCUT2D eigenvalue weighted by molar-refractivity contribution is 5.89. The quantitative estimate of drug-likeness (QED) is 0.638. The maximum absolute atomic E-state index is 7.20. The van der Waals surface area contributed by atoms with Crippen LogP contribution in [0, 0.1) is 19.3 Å². The molecule has 1 aromatic heterocycles. The van der Waals surface area contributed by atoms with Crippen molar-refractivity contribution in [1.29, 1.82) is 5.41 Å². The highest BCUT2D eigenvalue weighted by Crippen LogP contribution is 2.18. The minimum Gasteiger partial charge on any atom is -0.342 e. The second-order valence-electron chi connectivity index (χ2n) is 3.14. The van der Waals surface area contributed by atoms with Crippen molar-refractivity contribution in [1.82, 2.24) is 9.97 Å². The van der Waals surface area contributed by atoms with Gasteiger partial charge in [0.25, 0.3) is 0 Å². The van der Waals surface area contributed by atoms with E-state index in [1.165, 1.54) is 6.21 Å². The second-order valence-corrected chi connectivity index (χ2v) is 3.14. The van der Waals surface area contributed by atoms with Crippen LogP contribution in [0.25, 0.3) is 11.0 Å². The molecule has 13 heavy (non-hydrogen) atoms. The molecule has 2 rings (SSSR count). The third kappa shape index (κ3) is 1.13. The molecule has 0 aliphatic carbocycles. The summed E-state index contributed by atoms with van der Waals surface area (Å²) in [4.78, 5) is 7.53. The van der Waals surface area contributed by atoms with Crippen LogP contribution >= 0.6 is 0 Å². The predicted octanol–water partition coefficient (Wildman–Crippen LogP) is 2.18. The van der Waals surface area contributed by atoms with Gasteiger partial charge in [-0.1, -0.05) is 6.07 Å². The predicted molar refractivity (Wildman–Crippen MR) is 53.5 cm³/mol. The molecule has 0 aliphatic heterocycles. The number of benzene rings is 1. The minimum absolute atomic E-state index is 0.917. The van der Waals surface area contributed by atoms with Crippen LogP contribution in [-0.2, 0) is 0 Å². The number of nitrogens with zero attached hydrogens (tertiary/aromatic N) is 1. The standard InChI is InChI=1S/C10H11N3/c1-6-8(5-11)3-4-9-10(6)13-7(2)12-9/h3-5,11H,1-2H3,(H,12,13). The average Bonchev–Trinajstić information content (AvgIpc) is 2.47. The molecular formula is C10H11N3. The van der Waals surface area contributed by atoms with Crippen molar-refractivity contribution >= 4 is 17.2 Å². The summed E-state index contributed by atoms with van der Waals surface area (Å²) in [7, 11) is 0. The number of nitrogens with one attached hydrogen (secondary N) is 2. The number of hydrogen-bond donors (Lipinski definition) is 2.